The molecule has 3 nitrogen and oxygen atoms in total. The van der Waals surface area contributed by atoms with E-state index in [2.05, 4.69) is 29.7 Å². The average molecular weight is 375 g/mol. The molecule has 3 aromatic rings. The van der Waals surface area contributed by atoms with E-state index < -0.39 is 25.3 Å². The molecule has 2 unspecified atom stereocenters. The van der Waals surface area contributed by atoms with Gasteiger partial charge in [0.05, 0.1) is 12.1 Å². The van der Waals surface area contributed by atoms with Crippen molar-refractivity contribution in [2.45, 2.75) is 25.6 Å². The molecule has 0 aliphatic carbocycles. The first kappa shape index (κ1) is 17.9. The lowest BCUT2D eigenvalue weighted by molar-refractivity contribution is -0.190. The monoisotopic (exact) mass is 375 g/mol. The molecule has 0 saturated carbocycles. The van der Waals surface area contributed by atoms with E-state index in [0.717, 1.165) is 23.1 Å². The van der Waals surface area contributed by atoms with Gasteiger partial charge in [-0.15, -0.1) is 0 Å². The number of aromatic nitrogens is 1. The number of benzene rings is 2. The van der Waals surface area contributed by atoms with Gasteiger partial charge in [0.1, 0.15) is 18.3 Å². The summed E-state index contributed by atoms with van der Waals surface area (Å²) in [6.45, 7) is 1.39. The number of aliphatic hydroxyl groups is 1. The number of rotatable bonds is 4. The highest BCUT2D eigenvalue weighted by molar-refractivity contribution is 5.89. The summed E-state index contributed by atoms with van der Waals surface area (Å²) < 4.78 is 45.9. The molecule has 0 amide bonds. The number of halogens is 3. The van der Waals surface area contributed by atoms with Crippen molar-refractivity contribution in [1.82, 2.24) is 4.57 Å². The molecule has 4 rings (SSSR count). The van der Waals surface area contributed by atoms with Crippen LogP contribution in [0.3, 0.4) is 0 Å². The lowest BCUT2D eigenvalue weighted by Gasteiger charge is -2.25. The molecule has 1 N–H and O–H groups in total. The molecule has 1 aromatic heterocycles. The number of fused-ring (bicyclic) bond motifs is 5. The topological polar surface area (TPSA) is 34.4 Å². The van der Waals surface area contributed by atoms with Gasteiger partial charge in [-0.25, -0.2) is 0 Å². The van der Waals surface area contributed by atoms with Gasteiger partial charge < -0.3 is 14.4 Å². The fourth-order valence-electron chi connectivity index (χ4n) is 3.72. The van der Waals surface area contributed by atoms with Crippen LogP contribution in [0.4, 0.5) is 13.2 Å². The van der Waals surface area contributed by atoms with Crippen LogP contribution in [-0.4, -0.2) is 29.1 Å². The zero-order valence-corrected chi connectivity index (χ0v) is 14.8. The zero-order valence-electron chi connectivity index (χ0n) is 14.8. The maximum Gasteiger partial charge on any atom is 0.397 e. The molecule has 0 radical (unpaired) electrons. The van der Waals surface area contributed by atoms with Gasteiger partial charge in [0.15, 0.2) is 0 Å². The third-order valence-corrected chi connectivity index (χ3v) is 5.23. The molecule has 1 aliphatic heterocycles. The Morgan fingerprint density at radius 1 is 1.19 bits per heavy atom. The highest BCUT2D eigenvalue weighted by Crippen LogP contribution is 2.40. The normalized spacial score (nSPS) is 17.4. The van der Waals surface area contributed by atoms with E-state index in [4.69, 9.17) is 9.84 Å². The minimum Gasteiger partial charge on any atom is -0.493 e. The average Bonchev–Trinajstić information content (AvgIpc) is 2.99. The smallest absolute Gasteiger partial charge is 0.397 e. The van der Waals surface area contributed by atoms with Crippen molar-refractivity contribution in [1.29, 1.82) is 0 Å². The molecule has 27 heavy (non-hydrogen) atoms. The Morgan fingerprint density at radius 3 is 2.70 bits per heavy atom. The van der Waals surface area contributed by atoms with Gasteiger partial charge in [-0.1, -0.05) is 31.2 Å². The van der Waals surface area contributed by atoms with Crippen LogP contribution in [0.2, 0.25) is 0 Å². The predicted molar refractivity (Wildman–Crippen MR) is 97.9 cm³/mol. The molecular formula is C21H20F3NO2. The van der Waals surface area contributed by atoms with Gasteiger partial charge >= 0.3 is 6.18 Å². The van der Waals surface area contributed by atoms with Crippen LogP contribution < -0.4 is 4.74 Å². The maximum atomic E-state index is 12.8. The molecule has 6 heteroatoms. The quantitative estimate of drug-likeness (QED) is 0.698. The summed E-state index contributed by atoms with van der Waals surface area (Å²) in [7, 11) is 0. The molecular weight excluding hydrogens is 355 g/mol. The van der Waals surface area contributed by atoms with Crippen molar-refractivity contribution < 1.29 is 23.0 Å². The Labute approximate surface area is 155 Å². The molecule has 0 saturated heterocycles. The fourth-order valence-corrected chi connectivity index (χ4v) is 3.72. The molecule has 0 spiro atoms. The van der Waals surface area contributed by atoms with E-state index in [9.17, 15) is 13.2 Å². The summed E-state index contributed by atoms with van der Waals surface area (Å²) >= 11 is 0. The largest absolute Gasteiger partial charge is 0.493 e. The molecule has 1 aliphatic rings. The molecule has 2 atom stereocenters. The number of hydrogen-bond donors (Lipinski definition) is 1. The lowest BCUT2D eigenvalue weighted by Crippen LogP contribution is -2.31. The second-order valence-corrected chi connectivity index (χ2v) is 7.08. The van der Waals surface area contributed by atoms with E-state index in [-0.39, 0.29) is 0 Å². The highest BCUT2D eigenvalue weighted by atomic mass is 19.4. The number of ether oxygens (including phenoxy) is 1. The van der Waals surface area contributed by atoms with Crippen molar-refractivity contribution in [3.8, 4) is 17.0 Å². The van der Waals surface area contributed by atoms with Gasteiger partial charge in [-0.3, -0.25) is 0 Å². The number of alkyl halides is 3. The second-order valence-electron chi connectivity index (χ2n) is 7.08. The SMILES string of the molecule is CC1Cn2c(cc3ccc(OCC(CO)C(F)(F)F)cc32)-c2ccccc21. The maximum absolute atomic E-state index is 12.8. The third-order valence-electron chi connectivity index (χ3n) is 5.23. The summed E-state index contributed by atoms with van der Waals surface area (Å²) in [5.74, 6) is -1.17. The Bertz CT molecular complexity index is 977. The summed E-state index contributed by atoms with van der Waals surface area (Å²) in [5.41, 5.74) is 4.54. The van der Waals surface area contributed by atoms with Crippen LogP contribution in [0.15, 0.2) is 48.5 Å². The van der Waals surface area contributed by atoms with Gasteiger partial charge in [0.25, 0.3) is 0 Å². The first-order chi connectivity index (χ1) is 12.9. The van der Waals surface area contributed by atoms with Gasteiger partial charge in [0, 0.05) is 29.3 Å². The fraction of sp³-hybridized carbons (Fsp3) is 0.333. The predicted octanol–water partition coefficient (Wildman–Crippen LogP) is 4.98. The minimum atomic E-state index is -4.48. The van der Waals surface area contributed by atoms with E-state index in [1.165, 1.54) is 11.1 Å². The Hall–Kier alpha value is -2.47. The van der Waals surface area contributed by atoms with Crippen molar-refractivity contribution >= 4 is 10.9 Å². The number of aliphatic hydroxyl groups excluding tert-OH is 1. The van der Waals surface area contributed by atoms with Crippen molar-refractivity contribution in [3.63, 3.8) is 0 Å². The minimum absolute atomic E-state index is 0.345. The Kier molecular flexibility index (Phi) is 4.38. The van der Waals surface area contributed by atoms with Crippen LogP contribution >= 0.6 is 0 Å². The Balaban J connectivity index is 1.68. The number of nitrogens with zero attached hydrogens (tertiary/aromatic N) is 1. The lowest BCUT2D eigenvalue weighted by atomic mass is 9.91. The van der Waals surface area contributed by atoms with Crippen LogP contribution in [0, 0.1) is 5.92 Å². The van der Waals surface area contributed by atoms with Crippen LogP contribution in [0.1, 0.15) is 18.4 Å². The summed E-state index contributed by atoms with van der Waals surface area (Å²) in [6.07, 6.45) is -4.48. The van der Waals surface area contributed by atoms with Crippen LogP contribution in [0.5, 0.6) is 5.75 Å². The first-order valence-electron chi connectivity index (χ1n) is 8.91. The number of hydrogen-bond acceptors (Lipinski definition) is 2. The van der Waals surface area contributed by atoms with Gasteiger partial charge in [0.2, 0.25) is 0 Å². The van der Waals surface area contributed by atoms with E-state index in [0.29, 0.717) is 11.7 Å². The summed E-state index contributed by atoms with van der Waals surface area (Å²) in [6, 6.07) is 15.7. The molecule has 142 valence electrons. The van der Waals surface area contributed by atoms with E-state index in [1.807, 2.05) is 18.2 Å². The van der Waals surface area contributed by atoms with E-state index in [1.54, 1.807) is 12.1 Å². The van der Waals surface area contributed by atoms with Crippen molar-refractivity contribution in [2.75, 3.05) is 13.2 Å². The standard InChI is InChI=1S/C21H20F3NO2/c1-13-10-25-19-9-16(27-12-15(11-26)21(22,23)24)7-6-14(19)8-20(25)18-5-3-2-4-17(13)18/h2-9,13,15,26H,10-12H2,1H3. The highest BCUT2D eigenvalue weighted by Gasteiger charge is 2.39. The first-order valence-corrected chi connectivity index (χ1v) is 8.91. The third kappa shape index (κ3) is 3.18. The molecule has 0 bridgehead atoms. The van der Waals surface area contributed by atoms with Crippen molar-refractivity contribution in [2.24, 2.45) is 5.92 Å². The second kappa shape index (κ2) is 6.60. The molecule has 0 fully saturated rings. The molecule has 2 heterocycles. The Morgan fingerprint density at radius 2 is 1.96 bits per heavy atom. The zero-order chi connectivity index (χ0) is 19.2. The van der Waals surface area contributed by atoms with Crippen molar-refractivity contribution in [3.05, 3.63) is 54.1 Å². The van der Waals surface area contributed by atoms with E-state index >= 15 is 0 Å². The van der Waals surface area contributed by atoms with Gasteiger partial charge in [-0.2, -0.15) is 13.2 Å². The molecule has 2 aromatic carbocycles. The van der Waals surface area contributed by atoms with Gasteiger partial charge in [-0.05, 0) is 29.7 Å². The van der Waals surface area contributed by atoms with Crippen LogP contribution in [-0.2, 0) is 6.54 Å². The summed E-state index contributed by atoms with van der Waals surface area (Å²) in [4.78, 5) is 0. The van der Waals surface area contributed by atoms with Crippen LogP contribution in [0.25, 0.3) is 22.2 Å². The summed E-state index contributed by atoms with van der Waals surface area (Å²) in [5, 5.41) is 9.98.